The lowest BCUT2D eigenvalue weighted by atomic mass is 9.99. The summed E-state index contributed by atoms with van der Waals surface area (Å²) in [5, 5.41) is 9.61. The van der Waals surface area contributed by atoms with E-state index < -0.39 is 0 Å². The van der Waals surface area contributed by atoms with Gasteiger partial charge in [-0.25, -0.2) is 19.0 Å². The van der Waals surface area contributed by atoms with E-state index in [2.05, 4.69) is 26.3 Å². The molecule has 0 unspecified atom stereocenters. The number of halogens is 3. The zero-order chi connectivity index (χ0) is 22.2. The monoisotopic (exact) mass is 468 g/mol. The fourth-order valence-corrected chi connectivity index (χ4v) is 4.34. The molecule has 0 saturated heterocycles. The van der Waals surface area contributed by atoms with Crippen molar-refractivity contribution >= 4 is 45.8 Å². The highest BCUT2D eigenvalue weighted by Crippen LogP contribution is 2.29. The van der Waals surface area contributed by atoms with Gasteiger partial charge in [0.05, 0.1) is 0 Å². The molecule has 32 heavy (non-hydrogen) atoms. The van der Waals surface area contributed by atoms with Gasteiger partial charge in [-0.15, -0.1) is 5.10 Å². The van der Waals surface area contributed by atoms with Crippen molar-refractivity contribution in [1.82, 2.24) is 25.0 Å². The molecule has 0 fully saturated rings. The van der Waals surface area contributed by atoms with E-state index in [9.17, 15) is 4.39 Å². The average molecular weight is 469 g/mol. The van der Waals surface area contributed by atoms with E-state index in [0.717, 1.165) is 29.9 Å². The average Bonchev–Trinajstić information content (AvgIpc) is 3.17. The number of hydrogen-bond donors (Lipinski definition) is 0. The zero-order valence-electron chi connectivity index (χ0n) is 17.3. The van der Waals surface area contributed by atoms with E-state index in [1.165, 1.54) is 17.7 Å². The Balaban J connectivity index is 1.47. The van der Waals surface area contributed by atoms with Crippen LogP contribution in [0.5, 0.6) is 0 Å². The Morgan fingerprint density at radius 3 is 2.59 bits per heavy atom. The summed E-state index contributed by atoms with van der Waals surface area (Å²) in [5.41, 5.74) is 4.46. The van der Waals surface area contributed by atoms with E-state index in [1.807, 2.05) is 25.2 Å². The number of rotatable bonds is 4. The lowest BCUT2D eigenvalue weighted by molar-refractivity contribution is 0.627. The first-order chi connectivity index (χ1) is 15.5. The number of aryl methyl sites for hydroxylation is 1. The third-order valence-electron chi connectivity index (χ3n) is 5.57. The molecule has 1 aliphatic rings. The maximum atomic E-state index is 13.3. The van der Waals surface area contributed by atoms with Crippen molar-refractivity contribution in [3.8, 4) is 0 Å². The molecule has 9 heteroatoms. The molecule has 0 amide bonds. The standard InChI is InChI=1S/C23H19Cl2FN6/c1-31-22-21(29-30-31)23(28-20(27-22)12-16-2-5-17(24)13-19(16)25)32-10-8-15(9-11-32)14-3-6-18(26)7-4-14/h2-8,13H,9-12H2,1H3. The van der Waals surface area contributed by atoms with Gasteiger partial charge in [-0.05, 0) is 47.4 Å². The van der Waals surface area contributed by atoms with Crippen LogP contribution in [0.1, 0.15) is 23.4 Å². The summed E-state index contributed by atoms with van der Waals surface area (Å²) in [6.45, 7) is 1.42. The van der Waals surface area contributed by atoms with Gasteiger partial charge >= 0.3 is 0 Å². The lowest BCUT2D eigenvalue weighted by Crippen LogP contribution is -2.29. The van der Waals surface area contributed by atoms with Crippen LogP contribution in [0.4, 0.5) is 10.2 Å². The van der Waals surface area contributed by atoms with Gasteiger partial charge < -0.3 is 4.90 Å². The van der Waals surface area contributed by atoms with E-state index in [4.69, 9.17) is 28.2 Å². The summed E-state index contributed by atoms with van der Waals surface area (Å²) < 4.78 is 14.9. The van der Waals surface area contributed by atoms with Crippen molar-refractivity contribution in [2.24, 2.45) is 7.05 Å². The maximum Gasteiger partial charge on any atom is 0.183 e. The molecule has 0 N–H and O–H groups in total. The van der Waals surface area contributed by atoms with Crippen molar-refractivity contribution in [3.63, 3.8) is 0 Å². The van der Waals surface area contributed by atoms with Crippen LogP contribution in [-0.2, 0) is 13.5 Å². The Morgan fingerprint density at radius 2 is 1.88 bits per heavy atom. The second kappa shape index (κ2) is 8.48. The zero-order valence-corrected chi connectivity index (χ0v) is 18.8. The van der Waals surface area contributed by atoms with E-state index in [-0.39, 0.29) is 5.82 Å². The number of fused-ring (bicyclic) bond motifs is 1. The highest BCUT2D eigenvalue weighted by atomic mass is 35.5. The molecular weight excluding hydrogens is 450 g/mol. The Hall–Kier alpha value is -3.03. The Labute approximate surface area is 194 Å². The van der Waals surface area contributed by atoms with Crippen LogP contribution in [-0.4, -0.2) is 38.1 Å². The summed E-state index contributed by atoms with van der Waals surface area (Å²) in [7, 11) is 1.81. The van der Waals surface area contributed by atoms with Crippen molar-refractivity contribution in [1.29, 1.82) is 0 Å². The maximum absolute atomic E-state index is 13.3. The highest BCUT2D eigenvalue weighted by molar-refractivity contribution is 6.35. The van der Waals surface area contributed by atoms with Gasteiger partial charge in [0.2, 0.25) is 0 Å². The number of anilines is 1. The van der Waals surface area contributed by atoms with Crippen LogP contribution < -0.4 is 4.90 Å². The third kappa shape index (κ3) is 4.06. The molecule has 162 valence electrons. The predicted octanol–water partition coefficient (Wildman–Crippen LogP) is 5.09. The Bertz CT molecular complexity index is 1330. The van der Waals surface area contributed by atoms with Crippen LogP contribution in [0.25, 0.3) is 16.7 Å². The second-order valence-electron chi connectivity index (χ2n) is 7.69. The number of aromatic nitrogens is 5. The number of nitrogens with zero attached hydrogens (tertiary/aromatic N) is 6. The molecule has 2 aromatic carbocycles. The summed E-state index contributed by atoms with van der Waals surface area (Å²) in [4.78, 5) is 11.7. The van der Waals surface area contributed by atoms with Gasteiger partial charge in [0.15, 0.2) is 17.0 Å². The topological polar surface area (TPSA) is 59.7 Å². The predicted molar refractivity (Wildman–Crippen MR) is 125 cm³/mol. The van der Waals surface area contributed by atoms with Crippen LogP contribution in [0.3, 0.4) is 0 Å². The number of benzene rings is 2. The molecule has 0 bridgehead atoms. The van der Waals surface area contributed by atoms with Gasteiger partial charge in [0.25, 0.3) is 0 Å². The summed E-state index contributed by atoms with van der Waals surface area (Å²) >= 11 is 12.4. The van der Waals surface area contributed by atoms with E-state index in [1.54, 1.807) is 16.8 Å². The minimum absolute atomic E-state index is 0.230. The minimum atomic E-state index is -0.230. The van der Waals surface area contributed by atoms with Gasteiger partial charge in [-0.2, -0.15) is 0 Å². The molecule has 4 aromatic rings. The van der Waals surface area contributed by atoms with Crippen molar-refractivity contribution in [2.75, 3.05) is 18.0 Å². The van der Waals surface area contributed by atoms with E-state index >= 15 is 0 Å². The fraction of sp³-hybridized carbons (Fsp3) is 0.217. The van der Waals surface area contributed by atoms with Crippen molar-refractivity contribution < 1.29 is 4.39 Å². The molecule has 3 heterocycles. The minimum Gasteiger partial charge on any atom is -0.351 e. The van der Waals surface area contributed by atoms with Crippen LogP contribution in [0.15, 0.2) is 48.5 Å². The fourth-order valence-electron chi connectivity index (χ4n) is 3.87. The summed E-state index contributed by atoms with van der Waals surface area (Å²) in [5.74, 6) is 1.15. The third-order valence-corrected chi connectivity index (χ3v) is 6.15. The van der Waals surface area contributed by atoms with Crippen molar-refractivity contribution in [2.45, 2.75) is 12.8 Å². The normalized spacial score (nSPS) is 14.1. The molecule has 0 aliphatic carbocycles. The molecule has 6 nitrogen and oxygen atoms in total. The Kier molecular flexibility index (Phi) is 5.53. The van der Waals surface area contributed by atoms with Gasteiger partial charge in [-0.1, -0.05) is 52.7 Å². The lowest BCUT2D eigenvalue weighted by Gasteiger charge is -2.28. The van der Waals surface area contributed by atoms with Crippen molar-refractivity contribution in [3.05, 3.63) is 81.4 Å². The molecule has 0 radical (unpaired) electrons. The SMILES string of the molecule is Cn1nnc2c(N3CC=C(c4ccc(F)cc4)CC3)nc(Cc3ccc(Cl)cc3Cl)nc21. The molecule has 5 rings (SSSR count). The molecule has 2 aromatic heterocycles. The first-order valence-electron chi connectivity index (χ1n) is 10.2. The van der Waals surface area contributed by atoms with Gasteiger partial charge in [0.1, 0.15) is 11.6 Å². The van der Waals surface area contributed by atoms with Gasteiger partial charge in [-0.3, -0.25) is 0 Å². The molecule has 0 spiro atoms. The highest BCUT2D eigenvalue weighted by Gasteiger charge is 2.21. The number of hydrogen-bond acceptors (Lipinski definition) is 5. The first-order valence-corrected chi connectivity index (χ1v) is 10.9. The van der Waals surface area contributed by atoms with Crippen LogP contribution in [0, 0.1) is 5.82 Å². The Morgan fingerprint density at radius 1 is 1.06 bits per heavy atom. The summed E-state index contributed by atoms with van der Waals surface area (Å²) in [6, 6.07) is 12.0. The van der Waals surface area contributed by atoms with Crippen LogP contribution in [0.2, 0.25) is 10.0 Å². The molecule has 0 atom stereocenters. The molecule has 1 aliphatic heterocycles. The molecule has 0 saturated carbocycles. The largest absolute Gasteiger partial charge is 0.351 e. The first kappa shape index (κ1) is 20.8. The van der Waals surface area contributed by atoms with E-state index in [0.29, 0.717) is 40.0 Å². The van der Waals surface area contributed by atoms with Crippen LogP contribution >= 0.6 is 23.2 Å². The summed E-state index contributed by atoms with van der Waals surface area (Å²) in [6.07, 6.45) is 3.43. The smallest absolute Gasteiger partial charge is 0.183 e. The van der Waals surface area contributed by atoms with Gasteiger partial charge in [0, 0.05) is 36.6 Å². The quantitative estimate of drug-likeness (QED) is 0.417. The second-order valence-corrected chi connectivity index (χ2v) is 8.54. The molecular formula is C23H19Cl2FN6.